The largest absolute Gasteiger partial charge is 0.309 e. The molecule has 4 nitrogen and oxygen atoms in total. The van der Waals surface area contributed by atoms with E-state index in [-0.39, 0.29) is 5.56 Å². The highest BCUT2D eigenvalue weighted by Gasteiger charge is 2.02. The summed E-state index contributed by atoms with van der Waals surface area (Å²) < 4.78 is 2.07. The van der Waals surface area contributed by atoms with Crippen molar-refractivity contribution in [2.24, 2.45) is 0 Å². The van der Waals surface area contributed by atoms with Gasteiger partial charge in [-0.3, -0.25) is 9.78 Å². The molecule has 82 valence electrons. The first kappa shape index (κ1) is 11.3. The number of hydrogen-bond acceptors (Lipinski definition) is 3. The number of halogens is 2. The Labute approximate surface area is 105 Å². The highest BCUT2D eigenvalue weighted by atomic mass is 79.9. The van der Waals surface area contributed by atoms with E-state index in [1.54, 1.807) is 29.1 Å². The molecule has 0 unspecified atom stereocenters. The molecular formula is C10H7BrClN3O. The quantitative estimate of drug-likeness (QED) is 0.853. The normalized spacial score (nSPS) is 10.4. The van der Waals surface area contributed by atoms with Gasteiger partial charge in [0.1, 0.15) is 5.15 Å². The molecule has 16 heavy (non-hydrogen) atoms. The van der Waals surface area contributed by atoms with Crippen LogP contribution in [0, 0.1) is 0 Å². The number of pyridine rings is 1. The second-order valence-electron chi connectivity index (χ2n) is 3.12. The molecule has 0 atom stereocenters. The van der Waals surface area contributed by atoms with Crippen LogP contribution in [0.1, 0.15) is 5.69 Å². The zero-order valence-electron chi connectivity index (χ0n) is 8.10. The van der Waals surface area contributed by atoms with Gasteiger partial charge in [-0.15, -0.1) is 0 Å². The summed E-state index contributed by atoms with van der Waals surface area (Å²) in [7, 11) is 0. The van der Waals surface area contributed by atoms with Gasteiger partial charge in [0.15, 0.2) is 0 Å². The van der Waals surface area contributed by atoms with Gasteiger partial charge in [-0.05, 0) is 28.1 Å². The Balaban J connectivity index is 2.31. The third-order valence-electron chi connectivity index (χ3n) is 1.98. The van der Waals surface area contributed by atoms with Crippen LogP contribution in [-0.2, 0) is 6.54 Å². The third-order valence-corrected chi connectivity index (χ3v) is 2.78. The van der Waals surface area contributed by atoms with Crippen LogP contribution in [0.3, 0.4) is 0 Å². The molecule has 0 bridgehead atoms. The summed E-state index contributed by atoms with van der Waals surface area (Å²) >= 11 is 8.80. The SMILES string of the molecule is O=c1c(Br)cccn1Cc1cnc(Cl)cn1. The van der Waals surface area contributed by atoms with E-state index in [9.17, 15) is 4.79 Å². The maximum Gasteiger partial charge on any atom is 0.265 e. The van der Waals surface area contributed by atoms with E-state index >= 15 is 0 Å². The van der Waals surface area contributed by atoms with Gasteiger partial charge in [0.2, 0.25) is 0 Å². The van der Waals surface area contributed by atoms with Crippen LogP contribution in [0.2, 0.25) is 5.15 Å². The van der Waals surface area contributed by atoms with Gasteiger partial charge >= 0.3 is 0 Å². The van der Waals surface area contributed by atoms with Crippen molar-refractivity contribution in [3.8, 4) is 0 Å². The van der Waals surface area contributed by atoms with E-state index in [0.29, 0.717) is 21.9 Å². The molecular weight excluding hydrogens is 293 g/mol. The Morgan fingerprint density at radius 3 is 2.88 bits per heavy atom. The molecule has 0 aromatic carbocycles. The number of nitrogens with zero attached hydrogens (tertiary/aromatic N) is 3. The maximum atomic E-state index is 11.7. The van der Waals surface area contributed by atoms with E-state index in [0.717, 1.165) is 0 Å². The fourth-order valence-electron chi connectivity index (χ4n) is 1.23. The first-order valence-electron chi connectivity index (χ1n) is 4.48. The smallest absolute Gasteiger partial charge is 0.265 e. The van der Waals surface area contributed by atoms with Crippen LogP contribution >= 0.6 is 27.5 Å². The fraction of sp³-hybridized carbons (Fsp3) is 0.100. The van der Waals surface area contributed by atoms with Crippen molar-refractivity contribution in [1.82, 2.24) is 14.5 Å². The van der Waals surface area contributed by atoms with Gasteiger partial charge < -0.3 is 4.57 Å². The predicted molar refractivity (Wildman–Crippen MR) is 64.5 cm³/mol. The van der Waals surface area contributed by atoms with Crippen LogP contribution in [0.4, 0.5) is 0 Å². The zero-order valence-corrected chi connectivity index (χ0v) is 10.4. The van der Waals surface area contributed by atoms with Crippen LogP contribution in [0.15, 0.2) is 40.0 Å². The molecule has 2 aromatic heterocycles. The van der Waals surface area contributed by atoms with Crippen molar-refractivity contribution >= 4 is 27.5 Å². The van der Waals surface area contributed by atoms with E-state index in [1.807, 2.05) is 0 Å². The molecule has 2 aromatic rings. The average molecular weight is 301 g/mol. The van der Waals surface area contributed by atoms with Crippen LogP contribution in [0.25, 0.3) is 0 Å². The van der Waals surface area contributed by atoms with E-state index < -0.39 is 0 Å². The Morgan fingerprint density at radius 1 is 1.38 bits per heavy atom. The van der Waals surface area contributed by atoms with Crippen LogP contribution in [-0.4, -0.2) is 14.5 Å². The fourth-order valence-corrected chi connectivity index (χ4v) is 1.71. The van der Waals surface area contributed by atoms with Gasteiger partial charge in [0.25, 0.3) is 5.56 Å². The van der Waals surface area contributed by atoms with Gasteiger partial charge in [-0.25, -0.2) is 4.98 Å². The van der Waals surface area contributed by atoms with Crippen molar-refractivity contribution in [1.29, 1.82) is 0 Å². The first-order valence-corrected chi connectivity index (χ1v) is 5.65. The Bertz CT molecular complexity index is 553. The van der Waals surface area contributed by atoms with Gasteiger partial charge in [-0.1, -0.05) is 11.6 Å². The second-order valence-corrected chi connectivity index (χ2v) is 4.36. The molecule has 0 spiro atoms. The van der Waals surface area contributed by atoms with Gasteiger partial charge in [-0.2, -0.15) is 0 Å². The lowest BCUT2D eigenvalue weighted by atomic mass is 10.4. The number of aromatic nitrogens is 3. The Kier molecular flexibility index (Phi) is 3.36. The highest BCUT2D eigenvalue weighted by molar-refractivity contribution is 9.10. The molecule has 6 heteroatoms. The summed E-state index contributed by atoms with van der Waals surface area (Å²) in [4.78, 5) is 19.7. The Hall–Kier alpha value is -1.20. The van der Waals surface area contributed by atoms with E-state index in [1.165, 1.54) is 6.20 Å². The van der Waals surface area contributed by atoms with Gasteiger partial charge in [0, 0.05) is 6.20 Å². The monoisotopic (exact) mass is 299 g/mol. The van der Waals surface area contributed by atoms with Crippen molar-refractivity contribution in [3.63, 3.8) is 0 Å². The molecule has 0 aliphatic heterocycles. The highest BCUT2D eigenvalue weighted by Crippen LogP contribution is 2.04. The summed E-state index contributed by atoms with van der Waals surface area (Å²) in [5, 5.41) is 0.338. The minimum absolute atomic E-state index is 0.0979. The molecule has 0 radical (unpaired) electrons. The molecule has 0 aliphatic carbocycles. The molecule has 2 rings (SSSR count). The maximum absolute atomic E-state index is 11.7. The minimum atomic E-state index is -0.0979. The number of hydrogen-bond donors (Lipinski definition) is 0. The third kappa shape index (κ3) is 2.48. The lowest BCUT2D eigenvalue weighted by molar-refractivity contribution is 0.731. The van der Waals surface area contributed by atoms with Crippen molar-refractivity contribution in [2.75, 3.05) is 0 Å². The molecule has 0 saturated heterocycles. The van der Waals surface area contributed by atoms with Crippen molar-refractivity contribution in [2.45, 2.75) is 6.54 Å². The van der Waals surface area contributed by atoms with Crippen LogP contribution < -0.4 is 5.56 Å². The van der Waals surface area contributed by atoms with E-state index in [4.69, 9.17) is 11.6 Å². The summed E-state index contributed by atoms with van der Waals surface area (Å²) in [6.45, 7) is 0.377. The Morgan fingerprint density at radius 2 is 2.19 bits per heavy atom. The second kappa shape index (κ2) is 4.76. The first-order chi connectivity index (χ1) is 7.66. The summed E-state index contributed by atoms with van der Waals surface area (Å²) in [5.74, 6) is 0. The molecule has 2 heterocycles. The summed E-state index contributed by atoms with van der Waals surface area (Å²) in [6, 6.07) is 3.49. The summed E-state index contributed by atoms with van der Waals surface area (Å²) in [5.41, 5.74) is 0.587. The zero-order chi connectivity index (χ0) is 11.5. The van der Waals surface area contributed by atoms with E-state index in [2.05, 4.69) is 25.9 Å². The minimum Gasteiger partial charge on any atom is -0.309 e. The lowest BCUT2D eigenvalue weighted by Gasteiger charge is -2.04. The van der Waals surface area contributed by atoms with Gasteiger partial charge in [0.05, 0.1) is 29.1 Å². The predicted octanol–water partition coefficient (Wildman–Crippen LogP) is 2.10. The topological polar surface area (TPSA) is 47.8 Å². The summed E-state index contributed by atoms with van der Waals surface area (Å²) in [6.07, 6.45) is 4.71. The standard InChI is InChI=1S/C10H7BrClN3O/c11-8-2-1-3-15(10(8)16)6-7-4-14-9(12)5-13-7/h1-5H,6H2. The molecule has 0 N–H and O–H groups in total. The molecule has 0 aliphatic rings. The molecule has 0 fully saturated rings. The molecule has 0 amide bonds. The average Bonchev–Trinajstić information content (AvgIpc) is 2.28. The number of rotatable bonds is 2. The van der Waals surface area contributed by atoms with Crippen LogP contribution in [0.5, 0.6) is 0 Å². The van der Waals surface area contributed by atoms with Crippen molar-refractivity contribution in [3.05, 3.63) is 56.4 Å². The molecule has 0 saturated carbocycles. The van der Waals surface area contributed by atoms with Crippen molar-refractivity contribution < 1.29 is 0 Å². The lowest BCUT2D eigenvalue weighted by Crippen LogP contribution is -2.20.